The second kappa shape index (κ2) is 3.44. The third-order valence-electron chi connectivity index (χ3n) is 1.68. The Bertz CT molecular complexity index is 89.1. The molecule has 1 fully saturated rings. The Morgan fingerprint density at radius 1 is 1.67 bits per heavy atom. The van der Waals surface area contributed by atoms with Crippen LogP contribution in [0.25, 0.3) is 0 Å². The first-order chi connectivity index (χ1) is 4.34. The molecule has 2 atom stereocenters. The SMILES string of the molecule is CSCC1CNC[C@@H]1O. The van der Waals surface area contributed by atoms with Gasteiger partial charge in [-0.15, -0.1) is 0 Å². The molecule has 1 rings (SSSR count). The van der Waals surface area contributed by atoms with Gasteiger partial charge in [0.25, 0.3) is 0 Å². The summed E-state index contributed by atoms with van der Waals surface area (Å²) in [6.45, 7) is 1.77. The van der Waals surface area contributed by atoms with E-state index in [0.717, 1.165) is 18.8 Å². The number of β-amino-alcohol motifs (C(OH)–C–C–N with tert-alkyl or cyclic N) is 1. The smallest absolute Gasteiger partial charge is 0.0712 e. The lowest BCUT2D eigenvalue weighted by atomic mass is 10.1. The van der Waals surface area contributed by atoms with E-state index in [2.05, 4.69) is 11.6 Å². The summed E-state index contributed by atoms with van der Waals surface area (Å²) in [7, 11) is 0. The summed E-state index contributed by atoms with van der Waals surface area (Å²) in [5.41, 5.74) is 0. The van der Waals surface area contributed by atoms with Crippen molar-refractivity contribution in [1.29, 1.82) is 0 Å². The lowest BCUT2D eigenvalue weighted by Gasteiger charge is -2.09. The molecule has 1 unspecified atom stereocenters. The molecule has 1 aliphatic heterocycles. The third kappa shape index (κ3) is 1.85. The average molecular weight is 147 g/mol. The molecule has 2 N–H and O–H groups in total. The van der Waals surface area contributed by atoms with Crippen LogP contribution in [0, 0.1) is 5.92 Å². The van der Waals surface area contributed by atoms with Crippen LogP contribution >= 0.6 is 11.8 Å². The van der Waals surface area contributed by atoms with Gasteiger partial charge in [-0.2, -0.15) is 11.8 Å². The highest BCUT2D eigenvalue weighted by molar-refractivity contribution is 7.98. The van der Waals surface area contributed by atoms with Crippen LogP contribution in [0.4, 0.5) is 0 Å². The highest BCUT2D eigenvalue weighted by Crippen LogP contribution is 2.13. The third-order valence-corrected chi connectivity index (χ3v) is 2.45. The molecule has 1 saturated heterocycles. The molecule has 0 aromatic rings. The van der Waals surface area contributed by atoms with E-state index in [1.807, 2.05) is 0 Å². The lowest BCUT2D eigenvalue weighted by Crippen LogP contribution is -2.19. The molecule has 3 heteroatoms. The van der Waals surface area contributed by atoms with Crippen molar-refractivity contribution in [2.75, 3.05) is 25.1 Å². The van der Waals surface area contributed by atoms with Gasteiger partial charge in [-0.3, -0.25) is 0 Å². The molecule has 0 saturated carbocycles. The van der Waals surface area contributed by atoms with Crippen molar-refractivity contribution < 1.29 is 5.11 Å². The summed E-state index contributed by atoms with van der Waals surface area (Å²) in [6.07, 6.45) is 1.97. The zero-order valence-corrected chi connectivity index (χ0v) is 6.45. The van der Waals surface area contributed by atoms with E-state index in [-0.39, 0.29) is 6.10 Å². The van der Waals surface area contributed by atoms with Gasteiger partial charge in [-0.05, 0) is 12.0 Å². The Labute approximate surface area is 60.0 Å². The molecule has 0 aromatic heterocycles. The first-order valence-corrected chi connectivity index (χ1v) is 4.61. The summed E-state index contributed by atoms with van der Waals surface area (Å²) < 4.78 is 0. The van der Waals surface area contributed by atoms with E-state index in [9.17, 15) is 5.11 Å². The quantitative estimate of drug-likeness (QED) is 0.573. The standard InChI is InChI=1S/C6H13NOS/c1-9-4-5-2-7-3-6(5)8/h5-8H,2-4H2,1H3/t5?,6-/m0/s1. The van der Waals surface area contributed by atoms with Gasteiger partial charge < -0.3 is 10.4 Å². The summed E-state index contributed by atoms with van der Waals surface area (Å²) in [5, 5.41) is 12.4. The molecule has 0 bridgehead atoms. The maximum absolute atomic E-state index is 9.24. The zero-order valence-electron chi connectivity index (χ0n) is 5.63. The minimum absolute atomic E-state index is 0.0996. The van der Waals surface area contributed by atoms with Crippen LogP contribution in [-0.2, 0) is 0 Å². The molecule has 1 heterocycles. The van der Waals surface area contributed by atoms with Gasteiger partial charge in [0.1, 0.15) is 0 Å². The molecule has 2 nitrogen and oxygen atoms in total. The van der Waals surface area contributed by atoms with E-state index in [0.29, 0.717) is 5.92 Å². The van der Waals surface area contributed by atoms with Gasteiger partial charge in [0.2, 0.25) is 0 Å². The predicted octanol–water partition coefficient (Wildman–Crippen LogP) is -0.0703. The van der Waals surface area contributed by atoms with Crippen molar-refractivity contribution in [2.45, 2.75) is 6.10 Å². The first-order valence-electron chi connectivity index (χ1n) is 3.22. The number of hydrogen-bond donors (Lipinski definition) is 2. The average Bonchev–Trinajstić information content (AvgIpc) is 2.18. The van der Waals surface area contributed by atoms with Crippen LogP contribution in [0.1, 0.15) is 0 Å². The summed E-state index contributed by atoms with van der Waals surface area (Å²) in [6, 6.07) is 0. The van der Waals surface area contributed by atoms with Crippen LogP contribution in [0.2, 0.25) is 0 Å². The molecule has 9 heavy (non-hydrogen) atoms. The number of aliphatic hydroxyl groups is 1. The fraction of sp³-hybridized carbons (Fsp3) is 1.00. The van der Waals surface area contributed by atoms with Crippen molar-refractivity contribution in [3.8, 4) is 0 Å². The second-order valence-electron chi connectivity index (χ2n) is 2.44. The number of aliphatic hydroxyl groups excluding tert-OH is 1. The van der Waals surface area contributed by atoms with Crippen molar-refractivity contribution in [1.82, 2.24) is 5.32 Å². The summed E-state index contributed by atoms with van der Waals surface area (Å²) in [5.74, 6) is 1.56. The van der Waals surface area contributed by atoms with E-state index in [4.69, 9.17) is 0 Å². The Morgan fingerprint density at radius 2 is 2.44 bits per heavy atom. The maximum Gasteiger partial charge on any atom is 0.0712 e. The van der Waals surface area contributed by atoms with Gasteiger partial charge in [-0.1, -0.05) is 0 Å². The Kier molecular flexibility index (Phi) is 2.82. The lowest BCUT2D eigenvalue weighted by molar-refractivity contribution is 0.158. The van der Waals surface area contributed by atoms with Crippen molar-refractivity contribution >= 4 is 11.8 Å². The zero-order chi connectivity index (χ0) is 6.69. The topological polar surface area (TPSA) is 32.3 Å². The highest BCUT2D eigenvalue weighted by Gasteiger charge is 2.23. The van der Waals surface area contributed by atoms with Crippen LogP contribution < -0.4 is 5.32 Å². The monoisotopic (exact) mass is 147 g/mol. The normalized spacial score (nSPS) is 35.3. The Morgan fingerprint density at radius 3 is 2.89 bits per heavy atom. The van der Waals surface area contributed by atoms with Gasteiger partial charge in [0, 0.05) is 19.0 Å². The van der Waals surface area contributed by atoms with Crippen molar-refractivity contribution in [3.05, 3.63) is 0 Å². The van der Waals surface area contributed by atoms with Crippen LogP contribution in [0.5, 0.6) is 0 Å². The van der Waals surface area contributed by atoms with Gasteiger partial charge in [-0.25, -0.2) is 0 Å². The fourth-order valence-electron chi connectivity index (χ4n) is 1.10. The first kappa shape index (κ1) is 7.38. The summed E-state index contributed by atoms with van der Waals surface area (Å²) in [4.78, 5) is 0. The minimum Gasteiger partial charge on any atom is -0.391 e. The van der Waals surface area contributed by atoms with Gasteiger partial charge in [0.05, 0.1) is 6.10 Å². The largest absolute Gasteiger partial charge is 0.391 e. The van der Waals surface area contributed by atoms with E-state index >= 15 is 0 Å². The van der Waals surface area contributed by atoms with Crippen molar-refractivity contribution in [2.24, 2.45) is 5.92 Å². The minimum atomic E-state index is -0.0996. The van der Waals surface area contributed by atoms with E-state index < -0.39 is 0 Å². The molecule has 54 valence electrons. The molecule has 0 radical (unpaired) electrons. The van der Waals surface area contributed by atoms with Gasteiger partial charge in [0.15, 0.2) is 0 Å². The van der Waals surface area contributed by atoms with Gasteiger partial charge >= 0.3 is 0 Å². The number of nitrogens with one attached hydrogen (secondary N) is 1. The van der Waals surface area contributed by atoms with E-state index in [1.54, 1.807) is 11.8 Å². The van der Waals surface area contributed by atoms with E-state index in [1.165, 1.54) is 0 Å². The molecular weight excluding hydrogens is 134 g/mol. The molecule has 0 aromatic carbocycles. The van der Waals surface area contributed by atoms with Crippen LogP contribution in [-0.4, -0.2) is 36.3 Å². The molecule has 1 aliphatic rings. The summed E-state index contributed by atoms with van der Waals surface area (Å²) >= 11 is 1.80. The Balaban J connectivity index is 2.22. The maximum atomic E-state index is 9.24. The molecular formula is C6H13NOS. The Hall–Kier alpha value is 0.270. The fourth-order valence-corrected chi connectivity index (χ4v) is 1.87. The molecule has 0 amide bonds. The van der Waals surface area contributed by atoms with Crippen LogP contribution in [0.15, 0.2) is 0 Å². The molecule has 0 aliphatic carbocycles. The number of thioether (sulfide) groups is 1. The van der Waals surface area contributed by atoms with Crippen LogP contribution in [0.3, 0.4) is 0 Å². The number of rotatable bonds is 2. The molecule has 0 spiro atoms. The van der Waals surface area contributed by atoms with Crippen molar-refractivity contribution in [3.63, 3.8) is 0 Å². The number of hydrogen-bond acceptors (Lipinski definition) is 3. The second-order valence-corrected chi connectivity index (χ2v) is 3.35. The predicted molar refractivity (Wildman–Crippen MR) is 40.7 cm³/mol. The highest BCUT2D eigenvalue weighted by atomic mass is 32.2.